The summed E-state index contributed by atoms with van der Waals surface area (Å²) in [6.07, 6.45) is 4.98. The number of hydrogen-bond donors (Lipinski definition) is 1. The van der Waals surface area contributed by atoms with E-state index in [4.69, 9.17) is 5.73 Å². The lowest BCUT2D eigenvalue weighted by Crippen LogP contribution is -2.00. The van der Waals surface area contributed by atoms with Gasteiger partial charge in [0.25, 0.3) is 0 Å². The molecule has 2 heteroatoms. The zero-order valence-corrected chi connectivity index (χ0v) is 12.6. The Bertz CT molecular complexity index is 534. The van der Waals surface area contributed by atoms with Crippen LogP contribution in [0.2, 0.25) is 0 Å². The predicted molar refractivity (Wildman–Crippen MR) is 86.6 cm³/mol. The highest BCUT2D eigenvalue weighted by Crippen LogP contribution is 2.32. The second-order valence-electron chi connectivity index (χ2n) is 4.73. The number of nitrogens with two attached hydrogens (primary N) is 1. The molecule has 19 heavy (non-hydrogen) atoms. The summed E-state index contributed by atoms with van der Waals surface area (Å²) in [5.41, 5.74) is 13.0. The van der Waals surface area contributed by atoms with Crippen molar-refractivity contribution in [2.24, 2.45) is 4.99 Å². The Labute approximate surface area is 116 Å². The molecule has 0 atom stereocenters. The minimum atomic E-state index is 0.817. The van der Waals surface area contributed by atoms with Gasteiger partial charge in [0.05, 0.1) is 0 Å². The minimum Gasteiger partial charge on any atom is -0.398 e. The average molecular weight is 256 g/mol. The molecule has 0 saturated carbocycles. The zero-order chi connectivity index (χ0) is 14.4. The van der Waals surface area contributed by atoms with Crippen LogP contribution in [0.15, 0.2) is 40.4 Å². The summed E-state index contributed by atoms with van der Waals surface area (Å²) in [4.78, 5) is 4.15. The van der Waals surface area contributed by atoms with Crippen LogP contribution in [0, 0.1) is 6.92 Å². The van der Waals surface area contributed by atoms with Gasteiger partial charge in [-0.2, -0.15) is 0 Å². The molecule has 0 bridgehead atoms. The molecule has 0 radical (unpaired) electrons. The SMILES string of the molecule is C/C=C(\C=NC)C(=C(C)CC)c1cc(C)ccc1N. The molecule has 0 spiro atoms. The van der Waals surface area contributed by atoms with Gasteiger partial charge in [0.2, 0.25) is 0 Å². The average Bonchev–Trinajstić information content (AvgIpc) is 2.41. The lowest BCUT2D eigenvalue weighted by molar-refractivity contribution is 1.10. The van der Waals surface area contributed by atoms with Crippen molar-refractivity contribution in [2.75, 3.05) is 12.8 Å². The van der Waals surface area contributed by atoms with Crippen molar-refractivity contribution in [3.8, 4) is 0 Å². The summed E-state index contributed by atoms with van der Waals surface area (Å²) in [5, 5.41) is 0. The topological polar surface area (TPSA) is 38.4 Å². The third kappa shape index (κ3) is 3.57. The maximum Gasteiger partial charge on any atom is 0.0394 e. The van der Waals surface area contributed by atoms with Crippen molar-refractivity contribution < 1.29 is 0 Å². The van der Waals surface area contributed by atoms with Crippen molar-refractivity contribution >= 4 is 17.5 Å². The van der Waals surface area contributed by atoms with Gasteiger partial charge in [0.15, 0.2) is 0 Å². The number of allylic oxidation sites excluding steroid dienone is 4. The number of hydrogen-bond acceptors (Lipinski definition) is 2. The number of nitrogens with zero attached hydrogens (tertiary/aromatic N) is 1. The van der Waals surface area contributed by atoms with Gasteiger partial charge < -0.3 is 5.73 Å². The first-order valence-electron chi connectivity index (χ1n) is 6.70. The van der Waals surface area contributed by atoms with Crippen molar-refractivity contribution in [2.45, 2.75) is 34.1 Å². The Balaban J connectivity index is 3.55. The van der Waals surface area contributed by atoms with Gasteiger partial charge in [-0.05, 0) is 50.5 Å². The van der Waals surface area contributed by atoms with Gasteiger partial charge >= 0.3 is 0 Å². The van der Waals surface area contributed by atoms with Crippen LogP contribution in [0.4, 0.5) is 5.69 Å². The number of nitrogen functional groups attached to an aromatic ring is 1. The molecule has 1 rings (SSSR count). The van der Waals surface area contributed by atoms with E-state index in [1.165, 1.54) is 16.7 Å². The summed E-state index contributed by atoms with van der Waals surface area (Å²) in [5.74, 6) is 0. The Hall–Kier alpha value is -1.83. The second-order valence-corrected chi connectivity index (χ2v) is 4.73. The van der Waals surface area contributed by atoms with E-state index >= 15 is 0 Å². The monoisotopic (exact) mass is 256 g/mol. The number of anilines is 1. The van der Waals surface area contributed by atoms with Crippen LogP contribution < -0.4 is 5.73 Å². The van der Waals surface area contributed by atoms with E-state index in [9.17, 15) is 0 Å². The Morgan fingerprint density at radius 3 is 2.58 bits per heavy atom. The molecule has 0 heterocycles. The Morgan fingerprint density at radius 2 is 2.05 bits per heavy atom. The first kappa shape index (κ1) is 15.2. The van der Waals surface area contributed by atoms with E-state index in [0.29, 0.717) is 0 Å². The van der Waals surface area contributed by atoms with E-state index in [-0.39, 0.29) is 0 Å². The molecule has 0 fully saturated rings. The fraction of sp³-hybridized carbons (Fsp3) is 0.353. The molecule has 0 aliphatic heterocycles. The molecular formula is C17H24N2. The van der Waals surface area contributed by atoms with Gasteiger partial charge in [-0.15, -0.1) is 0 Å². The van der Waals surface area contributed by atoms with Crippen molar-refractivity contribution in [3.05, 3.63) is 46.5 Å². The Kier molecular flexibility index (Phi) is 5.56. The van der Waals surface area contributed by atoms with Crippen molar-refractivity contribution in [1.29, 1.82) is 0 Å². The van der Waals surface area contributed by atoms with Gasteiger partial charge in [0.1, 0.15) is 0 Å². The fourth-order valence-corrected chi connectivity index (χ4v) is 2.12. The molecule has 102 valence electrons. The van der Waals surface area contributed by atoms with Gasteiger partial charge in [0, 0.05) is 24.5 Å². The number of aryl methyl sites for hydroxylation is 1. The molecule has 2 nitrogen and oxygen atoms in total. The normalized spacial score (nSPS) is 13.8. The second kappa shape index (κ2) is 6.93. The molecular weight excluding hydrogens is 232 g/mol. The molecule has 1 aromatic rings. The highest BCUT2D eigenvalue weighted by Gasteiger charge is 2.12. The minimum absolute atomic E-state index is 0.817. The van der Waals surface area contributed by atoms with Crippen LogP contribution >= 0.6 is 0 Å². The molecule has 0 amide bonds. The van der Waals surface area contributed by atoms with Crippen LogP contribution in [-0.2, 0) is 0 Å². The zero-order valence-electron chi connectivity index (χ0n) is 12.6. The highest BCUT2D eigenvalue weighted by molar-refractivity contribution is 6.03. The number of aliphatic imine (C=N–C) groups is 1. The van der Waals surface area contributed by atoms with E-state index in [1.54, 1.807) is 7.05 Å². The third-order valence-corrected chi connectivity index (χ3v) is 3.30. The summed E-state index contributed by atoms with van der Waals surface area (Å²) in [7, 11) is 1.79. The maximum absolute atomic E-state index is 6.17. The van der Waals surface area contributed by atoms with Gasteiger partial charge in [-0.25, -0.2) is 0 Å². The van der Waals surface area contributed by atoms with E-state index in [2.05, 4.69) is 37.9 Å². The molecule has 0 aromatic heterocycles. The van der Waals surface area contributed by atoms with Crippen LogP contribution in [0.5, 0.6) is 0 Å². The molecule has 0 saturated heterocycles. The molecule has 0 aliphatic carbocycles. The van der Waals surface area contributed by atoms with E-state index in [0.717, 1.165) is 23.2 Å². The maximum atomic E-state index is 6.17. The largest absolute Gasteiger partial charge is 0.398 e. The molecule has 0 unspecified atom stereocenters. The summed E-state index contributed by atoms with van der Waals surface area (Å²) in [6, 6.07) is 6.17. The van der Waals surface area contributed by atoms with Gasteiger partial charge in [-0.1, -0.05) is 30.2 Å². The van der Waals surface area contributed by atoms with Crippen molar-refractivity contribution in [3.63, 3.8) is 0 Å². The fourth-order valence-electron chi connectivity index (χ4n) is 2.12. The van der Waals surface area contributed by atoms with E-state index in [1.807, 2.05) is 25.3 Å². The molecule has 0 aliphatic rings. The highest BCUT2D eigenvalue weighted by atomic mass is 14.6. The summed E-state index contributed by atoms with van der Waals surface area (Å²) < 4.78 is 0. The van der Waals surface area contributed by atoms with Crippen LogP contribution in [0.3, 0.4) is 0 Å². The lowest BCUT2D eigenvalue weighted by Gasteiger charge is -2.16. The van der Waals surface area contributed by atoms with Crippen molar-refractivity contribution in [1.82, 2.24) is 0 Å². The Morgan fingerprint density at radius 1 is 1.37 bits per heavy atom. The first-order chi connectivity index (χ1) is 9.04. The number of rotatable bonds is 4. The van der Waals surface area contributed by atoms with Crippen LogP contribution in [0.25, 0.3) is 5.57 Å². The smallest absolute Gasteiger partial charge is 0.0394 e. The summed E-state index contributed by atoms with van der Waals surface area (Å²) in [6.45, 7) is 8.44. The molecule has 1 aromatic carbocycles. The predicted octanol–water partition coefficient (Wildman–Crippen LogP) is 4.41. The van der Waals surface area contributed by atoms with E-state index < -0.39 is 0 Å². The third-order valence-electron chi connectivity index (χ3n) is 3.30. The van der Waals surface area contributed by atoms with Crippen LogP contribution in [-0.4, -0.2) is 13.3 Å². The number of benzene rings is 1. The summed E-state index contributed by atoms with van der Waals surface area (Å²) >= 11 is 0. The van der Waals surface area contributed by atoms with Gasteiger partial charge in [-0.3, -0.25) is 4.99 Å². The molecule has 2 N–H and O–H groups in total. The standard InChI is InChI=1S/C17H24N2/c1-6-13(4)17(14(7-2)11-19-5)15-10-12(3)8-9-16(15)18/h7-11H,6,18H2,1-5H3/b14-7+,17-13?,19-11?. The quantitative estimate of drug-likeness (QED) is 0.484. The lowest BCUT2D eigenvalue weighted by atomic mass is 9.90. The van der Waals surface area contributed by atoms with Crippen LogP contribution in [0.1, 0.15) is 38.3 Å². The first-order valence-corrected chi connectivity index (χ1v) is 6.70.